The molecule has 26 heavy (non-hydrogen) atoms. The second-order valence-corrected chi connectivity index (χ2v) is 8.52. The van der Waals surface area contributed by atoms with Crippen molar-refractivity contribution < 1.29 is 17.4 Å². The first kappa shape index (κ1) is 22.5. The third kappa shape index (κ3) is 7.77. The minimum Gasteiger partial charge on any atom is -0.382 e. The Morgan fingerprint density at radius 3 is 2.27 bits per heavy atom. The summed E-state index contributed by atoms with van der Waals surface area (Å²) in [5, 5.41) is 0. The molecule has 1 amide bonds. The summed E-state index contributed by atoms with van der Waals surface area (Å²) in [7, 11) is -3.52. The lowest BCUT2D eigenvalue weighted by Gasteiger charge is -2.29. The monoisotopic (exact) mass is 383 g/mol. The molecule has 1 aromatic carbocycles. The molecular weight excluding hydrogens is 350 g/mol. The number of carbonyl (C=O) groups excluding carboxylic acids is 1. The summed E-state index contributed by atoms with van der Waals surface area (Å²) in [4.78, 5) is 14.5. The third-order valence-corrected chi connectivity index (χ3v) is 5.69. The van der Waals surface area contributed by atoms with Crippen LogP contribution in [0.1, 0.15) is 71.8 Å². The Morgan fingerprint density at radius 2 is 1.73 bits per heavy atom. The van der Waals surface area contributed by atoms with Crippen LogP contribution in [-0.4, -0.2) is 31.0 Å². The van der Waals surface area contributed by atoms with Crippen molar-refractivity contribution in [2.45, 2.75) is 78.8 Å². The van der Waals surface area contributed by atoms with Gasteiger partial charge in [0.25, 0.3) is 0 Å². The van der Waals surface area contributed by atoms with Gasteiger partial charge >= 0.3 is 10.1 Å². The van der Waals surface area contributed by atoms with Gasteiger partial charge in [0.05, 0.1) is 5.75 Å². The van der Waals surface area contributed by atoms with Gasteiger partial charge < -0.3 is 9.08 Å². The van der Waals surface area contributed by atoms with Gasteiger partial charge in [-0.15, -0.1) is 0 Å². The van der Waals surface area contributed by atoms with Crippen molar-refractivity contribution in [2.75, 3.05) is 5.75 Å². The smallest absolute Gasteiger partial charge is 0.308 e. The molecule has 0 aromatic heterocycles. The molecule has 6 heteroatoms. The Kier molecular flexibility index (Phi) is 9.70. The highest BCUT2D eigenvalue weighted by Gasteiger charge is 2.19. The van der Waals surface area contributed by atoms with Crippen LogP contribution in [0.3, 0.4) is 0 Å². The summed E-state index contributed by atoms with van der Waals surface area (Å²) in [5.74, 6) is 0.421. The van der Waals surface area contributed by atoms with Crippen LogP contribution >= 0.6 is 0 Å². The molecule has 0 radical (unpaired) electrons. The van der Waals surface area contributed by atoms with Crippen LogP contribution in [0.2, 0.25) is 0 Å². The summed E-state index contributed by atoms with van der Waals surface area (Å²) in [5.41, 5.74) is 0.966. The Hall–Kier alpha value is -1.56. The number of amides is 1. The van der Waals surface area contributed by atoms with Crippen LogP contribution in [0.5, 0.6) is 5.75 Å². The van der Waals surface area contributed by atoms with Crippen molar-refractivity contribution in [3.05, 3.63) is 29.8 Å². The molecule has 0 bridgehead atoms. The second-order valence-electron chi connectivity index (χ2n) is 6.66. The zero-order valence-corrected chi connectivity index (χ0v) is 17.3. The van der Waals surface area contributed by atoms with E-state index in [2.05, 4.69) is 20.8 Å². The van der Waals surface area contributed by atoms with Crippen molar-refractivity contribution in [3.63, 3.8) is 0 Å². The van der Waals surface area contributed by atoms with Gasteiger partial charge in [0.2, 0.25) is 5.91 Å². The Bertz CT molecular complexity index is 640. The molecule has 1 atom stereocenters. The van der Waals surface area contributed by atoms with Crippen LogP contribution in [-0.2, 0) is 21.5 Å². The molecule has 0 saturated carbocycles. The molecule has 0 aliphatic heterocycles. The van der Waals surface area contributed by atoms with Crippen LogP contribution < -0.4 is 4.18 Å². The minimum absolute atomic E-state index is 0.0664. The first-order valence-corrected chi connectivity index (χ1v) is 11.2. The molecule has 148 valence electrons. The van der Waals surface area contributed by atoms with Gasteiger partial charge in [0.15, 0.2) is 0 Å². The van der Waals surface area contributed by atoms with Crippen molar-refractivity contribution in [2.24, 2.45) is 0 Å². The first-order chi connectivity index (χ1) is 12.3. The maximum Gasteiger partial charge on any atom is 0.308 e. The molecule has 0 N–H and O–H groups in total. The molecule has 1 aromatic rings. The molecule has 5 nitrogen and oxygen atoms in total. The molecule has 0 aliphatic carbocycles. The van der Waals surface area contributed by atoms with Crippen molar-refractivity contribution in [1.82, 2.24) is 4.90 Å². The van der Waals surface area contributed by atoms with E-state index in [4.69, 9.17) is 4.18 Å². The number of nitrogens with zero attached hydrogens (tertiary/aromatic N) is 1. The lowest BCUT2D eigenvalue weighted by atomic mass is 10.1. The van der Waals surface area contributed by atoms with E-state index < -0.39 is 10.1 Å². The highest BCUT2D eigenvalue weighted by atomic mass is 32.2. The largest absolute Gasteiger partial charge is 0.382 e. The SMILES string of the molecule is CCCCCCC(=O)N(Cc1ccc(OS(=O)(=O)CC)cc1)C(C)CC. The summed E-state index contributed by atoms with van der Waals surface area (Å²) in [6, 6.07) is 7.09. The predicted molar refractivity (Wildman–Crippen MR) is 106 cm³/mol. The van der Waals surface area contributed by atoms with Crippen LogP contribution in [0.4, 0.5) is 0 Å². The fraction of sp³-hybridized carbons (Fsp3) is 0.650. The summed E-state index contributed by atoms with van der Waals surface area (Å²) in [6.45, 7) is 8.37. The normalized spacial score (nSPS) is 12.6. The van der Waals surface area contributed by atoms with E-state index in [1.165, 1.54) is 6.42 Å². The van der Waals surface area contributed by atoms with E-state index in [1.807, 2.05) is 17.0 Å². The Labute approximate surface area is 158 Å². The molecule has 0 heterocycles. The van der Waals surface area contributed by atoms with Gasteiger partial charge in [-0.1, -0.05) is 45.2 Å². The van der Waals surface area contributed by atoms with Crippen LogP contribution in [0.15, 0.2) is 24.3 Å². The average Bonchev–Trinajstić information content (AvgIpc) is 2.63. The van der Waals surface area contributed by atoms with Crippen LogP contribution in [0.25, 0.3) is 0 Å². The lowest BCUT2D eigenvalue weighted by Crippen LogP contribution is -2.37. The van der Waals surface area contributed by atoms with E-state index in [0.717, 1.165) is 31.2 Å². The van der Waals surface area contributed by atoms with E-state index in [1.54, 1.807) is 19.1 Å². The number of benzene rings is 1. The number of hydrogen-bond acceptors (Lipinski definition) is 4. The van der Waals surface area contributed by atoms with Gasteiger partial charge in [-0.05, 0) is 44.4 Å². The number of carbonyl (C=O) groups is 1. The van der Waals surface area contributed by atoms with Crippen molar-refractivity contribution in [1.29, 1.82) is 0 Å². The highest BCUT2D eigenvalue weighted by Crippen LogP contribution is 2.18. The minimum atomic E-state index is -3.52. The van der Waals surface area contributed by atoms with Gasteiger partial charge in [0.1, 0.15) is 5.75 Å². The molecule has 1 rings (SSSR count). The second kappa shape index (κ2) is 11.2. The quantitative estimate of drug-likeness (QED) is 0.393. The predicted octanol–water partition coefficient (Wildman–Crippen LogP) is 4.51. The van der Waals surface area contributed by atoms with E-state index in [9.17, 15) is 13.2 Å². The van der Waals surface area contributed by atoms with Crippen molar-refractivity contribution >= 4 is 16.0 Å². The number of hydrogen-bond donors (Lipinski definition) is 0. The van der Waals surface area contributed by atoms with Crippen LogP contribution in [0, 0.1) is 0 Å². The molecule has 0 aliphatic rings. The molecule has 0 fully saturated rings. The lowest BCUT2D eigenvalue weighted by molar-refractivity contribution is -0.134. The topological polar surface area (TPSA) is 63.7 Å². The number of rotatable bonds is 12. The first-order valence-electron chi connectivity index (χ1n) is 9.63. The maximum absolute atomic E-state index is 12.6. The molecule has 0 saturated heterocycles. The summed E-state index contributed by atoms with van der Waals surface area (Å²) >= 11 is 0. The summed E-state index contributed by atoms with van der Waals surface area (Å²) < 4.78 is 28.0. The van der Waals surface area contributed by atoms with E-state index >= 15 is 0 Å². The fourth-order valence-electron chi connectivity index (χ4n) is 2.61. The molecule has 0 spiro atoms. The average molecular weight is 384 g/mol. The summed E-state index contributed by atoms with van der Waals surface area (Å²) in [6.07, 6.45) is 5.83. The number of unbranched alkanes of at least 4 members (excludes halogenated alkanes) is 3. The maximum atomic E-state index is 12.6. The Morgan fingerprint density at radius 1 is 1.08 bits per heavy atom. The molecule has 1 unspecified atom stereocenters. The highest BCUT2D eigenvalue weighted by molar-refractivity contribution is 7.87. The standard InChI is InChI=1S/C20H33NO4S/c1-5-8-9-10-11-20(22)21(17(4)6-2)16-18-12-14-19(15-13-18)25-26(23,24)7-3/h12-15,17H,5-11,16H2,1-4H3. The van der Waals surface area contributed by atoms with E-state index in [0.29, 0.717) is 18.7 Å². The van der Waals surface area contributed by atoms with Crippen molar-refractivity contribution in [3.8, 4) is 5.75 Å². The van der Waals surface area contributed by atoms with Gasteiger partial charge in [-0.2, -0.15) is 8.42 Å². The van der Waals surface area contributed by atoms with Gasteiger partial charge in [-0.25, -0.2) is 0 Å². The van der Waals surface area contributed by atoms with Gasteiger partial charge in [0, 0.05) is 19.0 Å². The molecular formula is C20H33NO4S. The van der Waals surface area contributed by atoms with Gasteiger partial charge in [-0.3, -0.25) is 4.79 Å². The Balaban J connectivity index is 2.74. The zero-order valence-electron chi connectivity index (χ0n) is 16.5. The van der Waals surface area contributed by atoms with E-state index in [-0.39, 0.29) is 17.7 Å². The fourth-order valence-corrected chi connectivity index (χ4v) is 3.13. The third-order valence-electron chi connectivity index (χ3n) is 4.54. The zero-order chi connectivity index (χ0) is 19.6.